The number of ether oxygens (including phenoxy) is 2. The van der Waals surface area contributed by atoms with Gasteiger partial charge in [0.2, 0.25) is 0 Å². The van der Waals surface area contributed by atoms with E-state index in [9.17, 15) is 5.11 Å². The molecule has 68 valence electrons. The fourth-order valence-electron chi connectivity index (χ4n) is 0.844. The molecule has 0 rings (SSSR count). The summed E-state index contributed by atoms with van der Waals surface area (Å²) in [5, 5.41) is 9.79. The number of hydrogen-bond acceptors (Lipinski definition) is 3. The van der Waals surface area contributed by atoms with Crippen LogP contribution in [0.4, 0.5) is 0 Å². The van der Waals surface area contributed by atoms with Gasteiger partial charge in [-0.1, -0.05) is 6.92 Å². The van der Waals surface area contributed by atoms with E-state index in [1.165, 1.54) is 14.2 Å². The molecule has 3 heteroatoms. The van der Waals surface area contributed by atoms with Gasteiger partial charge in [0.15, 0.2) is 5.79 Å². The lowest BCUT2D eigenvalue weighted by Gasteiger charge is -2.39. The smallest absolute Gasteiger partial charge is 0.193 e. The molecular formula is C8H18O3. The summed E-state index contributed by atoms with van der Waals surface area (Å²) in [6, 6.07) is 0. The predicted octanol–water partition coefficient (Wildman–Crippen LogP) is 1.16. The van der Waals surface area contributed by atoms with E-state index in [1.54, 1.807) is 13.8 Å². The molecule has 0 aliphatic carbocycles. The van der Waals surface area contributed by atoms with Crippen LogP contribution >= 0.6 is 0 Å². The van der Waals surface area contributed by atoms with Gasteiger partial charge in [-0.15, -0.1) is 0 Å². The highest BCUT2D eigenvalue weighted by atomic mass is 16.7. The molecule has 0 bridgehead atoms. The van der Waals surface area contributed by atoms with Crippen molar-refractivity contribution in [1.82, 2.24) is 0 Å². The second kappa shape index (κ2) is 3.52. The van der Waals surface area contributed by atoms with Crippen LogP contribution < -0.4 is 0 Å². The van der Waals surface area contributed by atoms with Crippen LogP contribution in [0.5, 0.6) is 0 Å². The second-order valence-electron chi connectivity index (χ2n) is 2.98. The summed E-state index contributed by atoms with van der Waals surface area (Å²) in [6.07, 6.45) is 0.588. The average Bonchev–Trinajstić information content (AvgIpc) is 2.02. The van der Waals surface area contributed by atoms with Gasteiger partial charge < -0.3 is 14.6 Å². The van der Waals surface area contributed by atoms with E-state index in [-0.39, 0.29) is 0 Å². The topological polar surface area (TPSA) is 38.7 Å². The van der Waals surface area contributed by atoms with Gasteiger partial charge in [0.25, 0.3) is 0 Å². The van der Waals surface area contributed by atoms with Gasteiger partial charge in [0.1, 0.15) is 5.60 Å². The molecule has 0 aromatic heterocycles. The Morgan fingerprint density at radius 2 is 1.55 bits per heavy atom. The summed E-state index contributed by atoms with van der Waals surface area (Å²) < 4.78 is 10.1. The van der Waals surface area contributed by atoms with Crippen LogP contribution in [-0.2, 0) is 9.47 Å². The van der Waals surface area contributed by atoms with Crippen LogP contribution in [0, 0.1) is 0 Å². The summed E-state index contributed by atoms with van der Waals surface area (Å²) in [4.78, 5) is 0. The quantitative estimate of drug-likeness (QED) is 0.630. The SMILES string of the molecule is CC[C@](C)(O)C(C)(OC)OC. The number of aliphatic hydroxyl groups is 1. The zero-order valence-corrected chi connectivity index (χ0v) is 7.97. The minimum Gasteiger partial charge on any atom is -0.385 e. The zero-order valence-electron chi connectivity index (χ0n) is 7.97. The van der Waals surface area contributed by atoms with Gasteiger partial charge in [-0.05, 0) is 20.3 Å². The van der Waals surface area contributed by atoms with Gasteiger partial charge in [-0.2, -0.15) is 0 Å². The average molecular weight is 162 g/mol. The maximum atomic E-state index is 9.79. The van der Waals surface area contributed by atoms with E-state index < -0.39 is 11.4 Å². The number of rotatable bonds is 4. The first kappa shape index (κ1) is 10.9. The molecule has 0 unspecified atom stereocenters. The van der Waals surface area contributed by atoms with Crippen LogP contribution in [0.3, 0.4) is 0 Å². The Hall–Kier alpha value is -0.120. The van der Waals surface area contributed by atoms with Crippen LogP contribution in [0.2, 0.25) is 0 Å². The molecule has 0 aliphatic rings. The van der Waals surface area contributed by atoms with Crippen LogP contribution in [0.15, 0.2) is 0 Å². The molecule has 0 saturated heterocycles. The van der Waals surface area contributed by atoms with Crippen LogP contribution in [0.25, 0.3) is 0 Å². The molecule has 11 heavy (non-hydrogen) atoms. The first-order chi connectivity index (χ1) is 4.93. The van der Waals surface area contributed by atoms with E-state index in [0.29, 0.717) is 6.42 Å². The Morgan fingerprint density at radius 3 is 1.64 bits per heavy atom. The van der Waals surface area contributed by atoms with E-state index >= 15 is 0 Å². The summed E-state index contributed by atoms with van der Waals surface area (Å²) in [5.74, 6) is -0.915. The Morgan fingerprint density at radius 1 is 1.18 bits per heavy atom. The molecule has 0 fully saturated rings. The molecule has 0 heterocycles. The van der Waals surface area contributed by atoms with Gasteiger partial charge in [0.05, 0.1) is 0 Å². The van der Waals surface area contributed by atoms with Crippen LogP contribution in [-0.4, -0.2) is 30.7 Å². The third-order valence-electron chi connectivity index (χ3n) is 2.45. The standard InChI is InChI=1S/C8H18O3/c1-6-7(2,9)8(3,10-4)11-5/h9H,6H2,1-5H3/t7-/m0/s1. The minimum atomic E-state index is -0.948. The second-order valence-corrected chi connectivity index (χ2v) is 2.98. The van der Waals surface area contributed by atoms with Crippen molar-refractivity contribution in [3.63, 3.8) is 0 Å². The highest BCUT2D eigenvalue weighted by Gasteiger charge is 2.42. The first-order valence-corrected chi connectivity index (χ1v) is 3.76. The van der Waals surface area contributed by atoms with Crippen molar-refractivity contribution in [1.29, 1.82) is 0 Å². The molecule has 1 N–H and O–H groups in total. The lowest BCUT2D eigenvalue weighted by Crippen LogP contribution is -2.52. The molecular weight excluding hydrogens is 144 g/mol. The Kier molecular flexibility index (Phi) is 3.48. The fraction of sp³-hybridized carbons (Fsp3) is 1.00. The molecule has 0 aliphatic heterocycles. The lowest BCUT2D eigenvalue weighted by molar-refractivity contribution is -0.286. The Balaban J connectivity index is 4.47. The molecule has 3 nitrogen and oxygen atoms in total. The molecule has 0 spiro atoms. The normalized spacial score (nSPS) is 18.0. The maximum absolute atomic E-state index is 9.79. The molecule has 1 atom stereocenters. The molecule has 0 aromatic carbocycles. The summed E-state index contributed by atoms with van der Waals surface area (Å²) in [7, 11) is 3.04. The van der Waals surface area contributed by atoms with Crippen molar-refractivity contribution < 1.29 is 14.6 Å². The fourth-order valence-corrected chi connectivity index (χ4v) is 0.844. The first-order valence-electron chi connectivity index (χ1n) is 3.76. The van der Waals surface area contributed by atoms with Gasteiger partial charge in [-0.25, -0.2) is 0 Å². The van der Waals surface area contributed by atoms with E-state index in [0.717, 1.165) is 0 Å². The third kappa shape index (κ3) is 1.92. The summed E-state index contributed by atoms with van der Waals surface area (Å²) in [6.45, 7) is 5.30. The van der Waals surface area contributed by atoms with E-state index in [4.69, 9.17) is 9.47 Å². The van der Waals surface area contributed by atoms with Crippen molar-refractivity contribution in [2.75, 3.05) is 14.2 Å². The maximum Gasteiger partial charge on any atom is 0.193 e. The summed E-state index contributed by atoms with van der Waals surface area (Å²) >= 11 is 0. The van der Waals surface area contributed by atoms with Crippen LogP contribution in [0.1, 0.15) is 27.2 Å². The highest BCUT2D eigenvalue weighted by Crippen LogP contribution is 2.28. The lowest BCUT2D eigenvalue weighted by atomic mass is 9.93. The third-order valence-corrected chi connectivity index (χ3v) is 2.45. The molecule has 0 amide bonds. The Bertz CT molecular complexity index is 117. The number of hydrogen-bond donors (Lipinski definition) is 1. The van der Waals surface area contributed by atoms with Gasteiger partial charge in [-0.3, -0.25) is 0 Å². The van der Waals surface area contributed by atoms with Crippen molar-refractivity contribution in [3.8, 4) is 0 Å². The van der Waals surface area contributed by atoms with Crippen molar-refractivity contribution in [3.05, 3.63) is 0 Å². The minimum absolute atomic E-state index is 0.588. The largest absolute Gasteiger partial charge is 0.385 e. The van der Waals surface area contributed by atoms with E-state index in [2.05, 4.69) is 0 Å². The van der Waals surface area contributed by atoms with Crippen molar-refractivity contribution in [2.45, 2.75) is 38.6 Å². The van der Waals surface area contributed by atoms with Gasteiger partial charge >= 0.3 is 0 Å². The van der Waals surface area contributed by atoms with Gasteiger partial charge in [0, 0.05) is 14.2 Å². The summed E-state index contributed by atoms with van der Waals surface area (Å²) in [5.41, 5.74) is -0.948. The zero-order chi connectivity index (χ0) is 9.12. The molecule has 0 radical (unpaired) electrons. The molecule has 0 aromatic rings. The highest BCUT2D eigenvalue weighted by molar-refractivity contribution is 4.85. The predicted molar refractivity (Wildman–Crippen MR) is 43.3 cm³/mol. The Labute approximate surface area is 68.3 Å². The molecule has 0 saturated carbocycles. The van der Waals surface area contributed by atoms with E-state index in [1.807, 2.05) is 6.92 Å². The monoisotopic (exact) mass is 162 g/mol. The van der Waals surface area contributed by atoms with Crippen molar-refractivity contribution >= 4 is 0 Å². The van der Waals surface area contributed by atoms with Crippen molar-refractivity contribution in [2.24, 2.45) is 0 Å². The number of methoxy groups -OCH3 is 2.